The summed E-state index contributed by atoms with van der Waals surface area (Å²) in [6.45, 7) is 9.01. The zero-order chi connectivity index (χ0) is 12.0. The maximum absolute atomic E-state index is 3.68. The number of rotatable bonds is 4. The molecule has 0 saturated heterocycles. The zero-order valence-electron chi connectivity index (χ0n) is 11.6. The van der Waals surface area contributed by atoms with Gasteiger partial charge in [0.2, 0.25) is 0 Å². The van der Waals surface area contributed by atoms with Crippen LogP contribution in [0.2, 0.25) is 0 Å². The van der Waals surface area contributed by atoms with Gasteiger partial charge in [0.15, 0.2) is 0 Å². The monoisotopic (exact) mass is 226 g/mol. The molecular formula is C14H30N2. The molecule has 2 heteroatoms. The summed E-state index contributed by atoms with van der Waals surface area (Å²) in [5.41, 5.74) is 0. The van der Waals surface area contributed by atoms with Gasteiger partial charge in [-0.05, 0) is 25.7 Å². The molecule has 0 aliphatic heterocycles. The highest BCUT2D eigenvalue weighted by Gasteiger charge is 2.17. The summed E-state index contributed by atoms with van der Waals surface area (Å²) in [5.74, 6) is 0. The lowest BCUT2D eigenvalue weighted by molar-refractivity contribution is 0.318. The second-order valence-electron chi connectivity index (χ2n) is 5.90. The van der Waals surface area contributed by atoms with Gasteiger partial charge >= 0.3 is 0 Å². The van der Waals surface area contributed by atoms with E-state index in [1.54, 1.807) is 0 Å². The molecule has 0 amide bonds. The minimum Gasteiger partial charge on any atom is -0.312 e. The summed E-state index contributed by atoms with van der Waals surface area (Å²) in [4.78, 5) is 0. The van der Waals surface area contributed by atoms with Crippen LogP contribution in [0.15, 0.2) is 0 Å². The Kier molecular flexibility index (Phi) is 6.37. The molecule has 0 aromatic rings. The van der Waals surface area contributed by atoms with Gasteiger partial charge in [0, 0.05) is 24.2 Å². The lowest BCUT2D eigenvalue weighted by Gasteiger charge is -2.28. The van der Waals surface area contributed by atoms with Gasteiger partial charge in [0.25, 0.3) is 0 Å². The first-order chi connectivity index (χ1) is 7.58. The average Bonchev–Trinajstić information content (AvgIpc) is 2.11. The van der Waals surface area contributed by atoms with E-state index >= 15 is 0 Å². The molecule has 96 valence electrons. The first kappa shape index (κ1) is 14.0. The third kappa shape index (κ3) is 5.86. The largest absolute Gasteiger partial charge is 0.312 e. The molecule has 1 aliphatic rings. The Morgan fingerprint density at radius 1 is 0.688 bits per heavy atom. The summed E-state index contributed by atoms with van der Waals surface area (Å²) in [6, 6.07) is 2.79. The van der Waals surface area contributed by atoms with Crippen molar-refractivity contribution in [2.75, 3.05) is 0 Å². The van der Waals surface area contributed by atoms with E-state index in [-0.39, 0.29) is 0 Å². The van der Waals surface area contributed by atoms with E-state index in [0.29, 0.717) is 12.1 Å². The maximum atomic E-state index is 3.68. The topological polar surface area (TPSA) is 24.1 Å². The van der Waals surface area contributed by atoms with Gasteiger partial charge < -0.3 is 10.6 Å². The minimum absolute atomic E-state index is 0.633. The van der Waals surface area contributed by atoms with Gasteiger partial charge in [0.1, 0.15) is 0 Å². The fourth-order valence-corrected chi connectivity index (χ4v) is 2.79. The molecule has 2 N–H and O–H groups in total. The van der Waals surface area contributed by atoms with E-state index in [9.17, 15) is 0 Å². The smallest absolute Gasteiger partial charge is 0.00694 e. The maximum Gasteiger partial charge on any atom is 0.00694 e. The van der Waals surface area contributed by atoms with Crippen LogP contribution in [0.1, 0.15) is 66.2 Å². The normalized spacial score (nSPS) is 28.1. The summed E-state index contributed by atoms with van der Waals surface area (Å²) < 4.78 is 0. The summed E-state index contributed by atoms with van der Waals surface area (Å²) in [7, 11) is 0. The van der Waals surface area contributed by atoms with E-state index in [1.807, 2.05) is 0 Å². The van der Waals surface area contributed by atoms with Gasteiger partial charge in [-0.2, -0.15) is 0 Å². The third-order valence-corrected chi connectivity index (χ3v) is 3.35. The number of hydrogen-bond acceptors (Lipinski definition) is 2. The quantitative estimate of drug-likeness (QED) is 0.770. The molecule has 0 bridgehead atoms. The highest BCUT2D eigenvalue weighted by atomic mass is 14.9. The van der Waals surface area contributed by atoms with E-state index in [2.05, 4.69) is 38.3 Å². The van der Waals surface area contributed by atoms with Crippen LogP contribution < -0.4 is 10.6 Å². The van der Waals surface area contributed by atoms with Crippen molar-refractivity contribution >= 4 is 0 Å². The van der Waals surface area contributed by atoms with Crippen molar-refractivity contribution < 1.29 is 0 Å². The van der Waals surface area contributed by atoms with Crippen LogP contribution in [0, 0.1) is 0 Å². The standard InChI is InChI=1S/C14H30N2/c1-11(2)15-13-7-5-9-14(10-6-8-13)16-12(3)4/h11-16H,5-10H2,1-4H3. The lowest BCUT2D eigenvalue weighted by Crippen LogP contribution is -2.39. The molecule has 0 spiro atoms. The zero-order valence-corrected chi connectivity index (χ0v) is 11.6. The first-order valence-electron chi connectivity index (χ1n) is 7.10. The first-order valence-corrected chi connectivity index (χ1v) is 7.10. The Labute approximate surface area is 102 Å². The van der Waals surface area contributed by atoms with Gasteiger partial charge in [-0.3, -0.25) is 0 Å². The van der Waals surface area contributed by atoms with Crippen LogP contribution >= 0.6 is 0 Å². The SMILES string of the molecule is CC(C)NC1CCCC(NC(C)C)CCC1. The van der Waals surface area contributed by atoms with Gasteiger partial charge in [-0.15, -0.1) is 0 Å². The second kappa shape index (κ2) is 7.29. The predicted molar refractivity (Wildman–Crippen MR) is 71.8 cm³/mol. The van der Waals surface area contributed by atoms with Crippen molar-refractivity contribution in [1.82, 2.24) is 10.6 Å². The van der Waals surface area contributed by atoms with Crippen LogP contribution in [0.3, 0.4) is 0 Å². The Bertz CT molecular complexity index is 150. The Morgan fingerprint density at radius 2 is 1.00 bits per heavy atom. The van der Waals surface area contributed by atoms with Crippen molar-refractivity contribution in [3.8, 4) is 0 Å². The second-order valence-corrected chi connectivity index (χ2v) is 5.90. The van der Waals surface area contributed by atoms with Crippen LogP contribution in [0.25, 0.3) is 0 Å². The average molecular weight is 226 g/mol. The summed E-state index contributed by atoms with van der Waals surface area (Å²) in [6.07, 6.45) is 8.16. The lowest BCUT2D eigenvalue weighted by atomic mass is 9.93. The van der Waals surface area contributed by atoms with Gasteiger partial charge in [0.05, 0.1) is 0 Å². The Hall–Kier alpha value is -0.0800. The van der Waals surface area contributed by atoms with Crippen molar-refractivity contribution in [2.24, 2.45) is 0 Å². The van der Waals surface area contributed by atoms with Crippen LogP contribution in [-0.2, 0) is 0 Å². The molecule has 1 saturated carbocycles. The highest BCUT2D eigenvalue weighted by molar-refractivity contribution is 4.77. The van der Waals surface area contributed by atoms with Crippen LogP contribution in [0.4, 0.5) is 0 Å². The molecule has 0 aromatic carbocycles. The summed E-state index contributed by atoms with van der Waals surface area (Å²) >= 11 is 0. The number of hydrogen-bond donors (Lipinski definition) is 2. The molecular weight excluding hydrogens is 196 g/mol. The fourth-order valence-electron chi connectivity index (χ4n) is 2.79. The Balaban J connectivity index is 2.26. The molecule has 0 unspecified atom stereocenters. The van der Waals surface area contributed by atoms with Gasteiger partial charge in [-0.1, -0.05) is 40.5 Å². The molecule has 1 aliphatic carbocycles. The Morgan fingerprint density at radius 3 is 1.25 bits per heavy atom. The highest BCUT2D eigenvalue weighted by Crippen LogP contribution is 2.18. The molecule has 0 radical (unpaired) electrons. The van der Waals surface area contributed by atoms with Crippen molar-refractivity contribution in [3.05, 3.63) is 0 Å². The molecule has 0 atom stereocenters. The van der Waals surface area contributed by atoms with Crippen LogP contribution in [0.5, 0.6) is 0 Å². The van der Waals surface area contributed by atoms with Crippen molar-refractivity contribution in [3.63, 3.8) is 0 Å². The third-order valence-electron chi connectivity index (χ3n) is 3.35. The molecule has 16 heavy (non-hydrogen) atoms. The predicted octanol–water partition coefficient (Wildman–Crippen LogP) is 3.07. The van der Waals surface area contributed by atoms with E-state index in [0.717, 1.165) is 12.1 Å². The van der Waals surface area contributed by atoms with E-state index < -0.39 is 0 Å². The van der Waals surface area contributed by atoms with E-state index in [1.165, 1.54) is 38.5 Å². The molecule has 0 heterocycles. The molecule has 2 nitrogen and oxygen atoms in total. The molecule has 0 aromatic heterocycles. The van der Waals surface area contributed by atoms with Crippen molar-refractivity contribution in [2.45, 2.75) is 90.4 Å². The molecule has 1 rings (SSSR count). The molecule has 1 fully saturated rings. The van der Waals surface area contributed by atoms with Crippen molar-refractivity contribution in [1.29, 1.82) is 0 Å². The fraction of sp³-hybridized carbons (Fsp3) is 1.00. The van der Waals surface area contributed by atoms with Crippen LogP contribution in [-0.4, -0.2) is 24.2 Å². The number of nitrogens with one attached hydrogen (secondary N) is 2. The minimum atomic E-state index is 0.633. The summed E-state index contributed by atoms with van der Waals surface area (Å²) in [5, 5.41) is 7.37. The van der Waals surface area contributed by atoms with Gasteiger partial charge in [-0.25, -0.2) is 0 Å². The van der Waals surface area contributed by atoms with E-state index in [4.69, 9.17) is 0 Å².